The first-order valence-electron chi connectivity index (χ1n) is 10.1. The van der Waals surface area contributed by atoms with Crippen LogP contribution in [-0.2, 0) is 14.4 Å². The Morgan fingerprint density at radius 2 is 1.77 bits per heavy atom. The molecule has 7 unspecified atom stereocenters. The Labute approximate surface area is 184 Å². The molecule has 1 saturated heterocycles. The molecule has 6 rings (SSSR count). The van der Waals surface area contributed by atoms with Gasteiger partial charge in [-0.15, -0.1) is 11.8 Å². The first-order chi connectivity index (χ1) is 14.8. The summed E-state index contributed by atoms with van der Waals surface area (Å²) in [7, 11) is 0. The van der Waals surface area contributed by atoms with E-state index in [0.29, 0.717) is 0 Å². The fourth-order valence-corrected chi connectivity index (χ4v) is 9.31. The fourth-order valence-electron chi connectivity index (χ4n) is 6.42. The van der Waals surface area contributed by atoms with Gasteiger partial charge in [-0.25, -0.2) is 0 Å². The van der Waals surface area contributed by atoms with Crippen molar-refractivity contribution in [1.82, 2.24) is 9.88 Å². The van der Waals surface area contributed by atoms with Gasteiger partial charge in [0.15, 0.2) is 0 Å². The Morgan fingerprint density at radius 3 is 2.45 bits per heavy atom. The van der Waals surface area contributed by atoms with Crippen molar-refractivity contribution in [2.24, 2.45) is 29.6 Å². The van der Waals surface area contributed by atoms with Crippen LogP contribution in [0.25, 0.3) is 0 Å². The number of carbonyl (C=O) groups excluding carboxylic acids is 2. The lowest BCUT2D eigenvalue weighted by atomic mass is 9.68. The van der Waals surface area contributed by atoms with Crippen molar-refractivity contribution in [3.8, 4) is 5.75 Å². The summed E-state index contributed by atoms with van der Waals surface area (Å²) < 4.78 is 0. The topological polar surface area (TPSA) is 128 Å². The molecule has 2 aromatic rings. The van der Waals surface area contributed by atoms with E-state index in [2.05, 4.69) is 4.98 Å². The Morgan fingerprint density at radius 1 is 1.10 bits per heavy atom. The Kier molecular flexibility index (Phi) is 3.98. The van der Waals surface area contributed by atoms with Crippen LogP contribution in [-0.4, -0.2) is 49.7 Å². The fraction of sp³-hybridized carbons (Fsp3) is 0.429. The highest BCUT2D eigenvalue weighted by molar-refractivity contribution is 8.00. The molecule has 0 spiro atoms. The van der Waals surface area contributed by atoms with Crippen molar-refractivity contribution in [2.45, 2.75) is 22.6 Å². The van der Waals surface area contributed by atoms with Crippen molar-refractivity contribution in [3.05, 3.63) is 44.4 Å². The summed E-state index contributed by atoms with van der Waals surface area (Å²) in [5, 5.41) is 19.8. The number of aliphatic carboxylic acids is 1. The Bertz CT molecular complexity index is 1190. The molecule has 3 fully saturated rings. The number of phenols is 1. The summed E-state index contributed by atoms with van der Waals surface area (Å²) in [6, 6.07) is 6.94. The molecular weight excluding hydrogens is 440 g/mol. The minimum atomic E-state index is -1.19. The van der Waals surface area contributed by atoms with Gasteiger partial charge < -0.3 is 15.2 Å². The number of fused-ring (bicyclic) bond motifs is 9. The number of thioether (sulfide) groups is 1. The molecule has 7 atom stereocenters. The molecule has 2 bridgehead atoms. The number of imide groups is 1. The molecule has 2 aliphatic heterocycles. The molecule has 4 aliphatic rings. The number of amides is 2. The summed E-state index contributed by atoms with van der Waals surface area (Å²) in [6.45, 7) is -0.589. The van der Waals surface area contributed by atoms with E-state index in [1.54, 1.807) is 23.9 Å². The number of carboxylic acid groups (broad SMARTS) is 1. The molecular formula is C21H18N2O6S2. The molecule has 8 nitrogen and oxygen atoms in total. The number of benzene rings is 1. The highest BCUT2D eigenvalue weighted by Gasteiger charge is 2.69. The summed E-state index contributed by atoms with van der Waals surface area (Å²) in [5.41, 5.74) is 0.966. The zero-order valence-electron chi connectivity index (χ0n) is 16.1. The van der Waals surface area contributed by atoms with Gasteiger partial charge in [0.2, 0.25) is 11.8 Å². The second kappa shape index (κ2) is 6.46. The smallest absolute Gasteiger partial charge is 0.323 e. The van der Waals surface area contributed by atoms with Crippen LogP contribution < -0.4 is 4.87 Å². The molecule has 2 amide bonds. The second-order valence-electron chi connectivity index (χ2n) is 8.71. The summed E-state index contributed by atoms with van der Waals surface area (Å²) in [5.74, 6) is -2.87. The predicted octanol–water partition coefficient (Wildman–Crippen LogP) is 1.70. The van der Waals surface area contributed by atoms with Crippen LogP contribution in [0.15, 0.2) is 34.1 Å². The van der Waals surface area contributed by atoms with Gasteiger partial charge in [0, 0.05) is 16.0 Å². The molecule has 0 radical (unpaired) electrons. The number of nitrogens with one attached hydrogen (secondary N) is 1. The summed E-state index contributed by atoms with van der Waals surface area (Å²) in [6.07, 6.45) is 0.754. The lowest BCUT2D eigenvalue weighted by Gasteiger charge is -2.43. The lowest BCUT2D eigenvalue weighted by molar-refractivity contribution is -0.149. The quantitative estimate of drug-likeness (QED) is 0.597. The van der Waals surface area contributed by atoms with Crippen molar-refractivity contribution in [3.63, 3.8) is 0 Å². The normalized spacial score (nSPS) is 35.2. The predicted molar refractivity (Wildman–Crippen MR) is 111 cm³/mol. The monoisotopic (exact) mass is 458 g/mol. The molecule has 3 heterocycles. The first-order valence-corrected chi connectivity index (χ1v) is 11.8. The number of carbonyl (C=O) groups is 3. The molecule has 1 aromatic heterocycles. The largest absolute Gasteiger partial charge is 0.508 e. The van der Waals surface area contributed by atoms with Crippen LogP contribution in [0.2, 0.25) is 0 Å². The van der Waals surface area contributed by atoms with Gasteiger partial charge in [0.1, 0.15) is 12.3 Å². The van der Waals surface area contributed by atoms with Crippen molar-refractivity contribution >= 4 is 40.9 Å². The third kappa shape index (κ3) is 2.54. The number of nitrogens with zero attached hydrogens (tertiary/aromatic N) is 1. The van der Waals surface area contributed by atoms with Crippen molar-refractivity contribution in [2.75, 3.05) is 6.54 Å². The van der Waals surface area contributed by atoms with Crippen molar-refractivity contribution in [1.29, 1.82) is 0 Å². The van der Waals surface area contributed by atoms with Gasteiger partial charge in [0.25, 0.3) is 0 Å². The van der Waals surface area contributed by atoms with E-state index in [9.17, 15) is 24.3 Å². The average molecular weight is 459 g/mol. The number of aromatic amines is 1. The van der Waals surface area contributed by atoms with Gasteiger partial charge in [-0.1, -0.05) is 23.5 Å². The number of carboxylic acids is 1. The van der Waals surface area contributed by atoms with E-state index >= 15 is 0 Å². The molecule has 31 heavy (non-hydrogen) atoms. The zero-order chi connectivity index (χ0) is 21.6. The number of aromatic hydroxyl groups is 1. The highest BCUT2D eigenvalue weighted by Crippen LogP contribution is 2.68. The van der Waals surface area contributed by atoms with E-state index in [-0.39, 0.29) is 51.4 Å². The van der Waals surface area contributed by atoms with Gasteiger partial charge in [-0.05, 0) is 41.9 Å². The average Bonchev–Trinajstić information content (AvgIpc) is 3.44. The van der Waals surface area contributed by atoms with Crippen LogP contribution in [0, 0.1) is 29.6 Å². The van der Waals surface area contributed by atoms with Gasteiger partial charge in [0.05, 0.1) is 16.9 Å². The Hall–Kier alpha value is -2.59. The number of H-pyrrole nitrogens is 1. The maximum atomic E-state index is 13.1. The van der Waals surface area contributed by atoms with E-state index in [0.717, 1.165) is 26.8 Å². The molecule has 3 N–H and O–H groups in total. The zero-order valence-corrected chi connectivity index (χ0v) is 17.7. The molecule has 1 aromatic carbocycles. The summed E-state index contributed by atoms with van der Waals surface area (Å²) >= 11 is 2.76. The maximum absolute atomic E-state index is 13.1. The van der Waals surface area contributed by atoms with Crippen molar-refractivity contribution < 1.29 is 24.6 Å². The lowest BCUT2D eigenvalue weighted by Crippen LogP contribution is -2.42. The number of phenolic OH excluding ortho intramolecular Hbond substituents is 1. The number of likely N-dealkylation sites (tertiary alicyclic amines) is 1. The molecule has 2 saturated carbocycles. The van der Waals surface area contributed by atoms with Crippen LogP contribution >= 0.6 is 23.1 Å². The maximum Gasteiger partial charge on any atom is 0.323 e. The van der Waals surface area contributed by atoms with Crippen LogP contribution in [0.1, 0.15) is 22.8 Å². The molecule has 10 heteroatoms. The second-order valence-corrected chi connectivity index (χ2v) is 10.9. The number of hydrogen-bond acceptors (Lipinski definition) is 7. The molecule has 2 aliphatic carbocycles. The van der Waals surface area contributed by atoms with E-state index in [1.165, 1.54) is 11.3 Å². The first kappa shape index (κ1) is 19.1. The number of thiazole rings is 1. The van der Waals surface area contributed by atoms with E-state index in [4.69, 9.17) is 5.11 Å². The Balaban J connectivity index is 1.45. The standard InChI is InChI=1S/C21H18N2O6S2/c24-8-3-1-7(2-4-8)12-13-9-5-10(16(13)30-18-17(12)31-21(29)22-18)15-14(9)19(27)23(20(15)28)6-11(25)26/h1-4,9-10,12-16,24H,5-6H2,(H,22,29)(H,25,26). The van der Waals surface area contributed by atoms with E-state index < -0.39 is 24.3 Å². The van der Waals surface area contributed by atoms with Gasteiger partial charge in [-0.2, -0.15) is 0 Å². The van der Waals surface area contributed by atoms with E-state index in [1.807, 2.05) is 12.1 Å². The van der Waals surface area contributed by atoms with Crippen LogP contribution in [0.3, 0.4) is 0 Å². The minimum Gasteiger partial charge on any atom is -0.508 e. The number of rotatable bonds is 3. The molecule has 160 valence electrons. The van der Waals surface area contributed by atoms with Crippen LogP contribution in [0.5, 0.6) is 5.75 Å². The van der Waals surface area contributed by atoms with Gasteiger partial charge in [-0.3, -0.25) is 24.1 Å². The van der Waals surface area contributed by atoms with Crippen LogP contribution in [0.4, 0.5) is 0 Å². The van der Waals surface area contributed by atoms with Gasteiger partial charge >= 0.3 is 10.8 Å². The number of aromatic nitrogens is 1. The SMILES string of the molecule is O=C(O)CN1C(=O)C2C3CC(C2C1=O)C1C(c2ccc(O)cc2)c2sc(=O)[nH]c2SC31. The third-order valence-electron chi connectivity index (χ3n) is 7.36. The summed E-state index contributed by atoms with van der Waals surface area (Å²) in [4.78, 5) is 54.1. The highest BCUT2D eigenvalue weighted by atomic mass is 32.2. The number of hydrogen-bond donors (Lipinski definition) is 3. The third-order valence-corrected chi connectivity index (χ3v) is 9.95. The minimum absolute atomic E-state index is 0.0311.